The Morgan fingerprint density at radius 1 is 0.865 bits per heavy atom. The smallest absolute Gasteiger partial charge is 0.328 e. The van der Waals surface area contributed by atoms with Gasteiger partial charge in [0.25, 0.3) is 5.56 Å². The number of benzene rings is 3. The van der Waals surface area contributed by atoms with Crippen LogP contribution in [0.15, 0.2) is 88.5 Å². The van der Waals surface area contributed by atoms with E-state index in [4.69, 9.17) is 4.74 Å². The van der Waals surface area contributed by atoms with Gasteiger partial charge in [0.15, 0.2) is 0 Å². The van der Waals surface area contributed by atoms with Gasteiger partial charge in [0, 0.05) is 19.6 Å². The first-order valence-corrected chi connectivity index (χ1v) is 13.3. The van der Waals surface area contributed by atoms with E-state index in [-0.39, 0.29) is 23.5 Å². The highest BCUT2D eigenvalue weighted by atomic mass is 16.5. The fourth-order valence-corrected chi connectivity index (χ4v) is 5.30. The second-order valence-electron chi connectivity index (χ2n) is 10.0. The van der Waals surface area contributed by atoms with Crippen molar-refractivity contribution in [2.45, 2.75) is 51.4 Å². The van der Waals surface area contributed by atoms with E-state index in [0.717, 1.165) is 50.9 Å². The van der Waals surface area contributed by atoms with E-state index in [0.29, 0.717) is 17.4 Å². The summed E-state index contributed by atoms with van der Waals surface area (Å²) in [5.41, 5.74) is 3.46. The first-order chi connectivity index (χ1) is 18.1. The Morgan fingerprint density at radius 2 is 1.49 bits per heavy atom. The molecule has 2 heterocycles. The zero-order valence-electron chi connectivity index (χ0n) is 21.4. The van der Waals surface area contributed by atoms with Gasteiger partial charge < -0.3 is 9.64 Å². The summed E-state index contributed by atoms with van der Waals surface area (Å²) in [6, 6.07) is 26.6. The molecule has 192 valence electrons. The van der Waals surface area contributed by atoms with Crippen LogP contribution in [0.2, 0.25) is 0 Å². The molecule has 37 heavy (non-hydrogen) atoms. The zero-order chi connectivity index (χ0) is 25.6. The summed E-state index contributed by atoms with van der Waals surface area (Å²) in [7, 11) is 0. The molecular formula is C31H35N3O3. The van der Waals surface area contributed by atoms with E-state index in [1.807, 2.05) is 37.3 Å². The average molecular weight is 498 g/mol. The fraction of sp³-hybridized carbons (Fsp3) is 0.355. The van der Waals surface area contributed by atoms with Gasteiger partial charge in [0.05, 0.1) is 17.0 Å². The van der Waals surface area contributed by atoms with Crippen molar-refractivity contribution in [1.29, 1.82) is 0 Å². The molecule has 5 rings (SSSR count). The van der Waals surface area contributed by atoms with Gasteiger partial charge in [-0.1, -0.05) is 72.3 Å². The van der Waals surface area contributed by atoms with Crippen LogP contribution in [0.5, 0.6) is 0 Å². The largest absolute Gasteiger partial charge is 0.365 e. The van der Waals surface area contributed by atoms with Crippen LogP contribution >= 0.6 is 0 Å². The average Bonchev–Trinajstić information content (AvgIpc) is 2.93. The third-order valence-corrected chi connectivity index (χ3v) is 7.33. The number of nitrogens with zero attached hydrogens (tertiary/aromatic N) is 2. The summed E-state index contributed by atoms with van der Waals surface area (Å²) >= 11 is 0. The number of hydrogen-bond acceptors (Lipinski definition) is 4. The highest BCUT2D eigenvalue weighted by Crippen LogP contribution is 2.30. The van der Waals surface area contributed by atoms with Crippen molar-refractivity contribution in [1.82, 2.24) is 14.5 Å². The van der Waals surface area contributed by atoms with Gasteiger partial charge in [0.1, 0.15) is 6.10 Å². The molecule has 0 spiro atoms. The van der Waals surface area contributed by atoms with E-state index in [1.165, 1.54) is 11.1 Å². The number of unbranched alkanes of at least 4 members (excludes halogenated alkanes) is 1. The van der Waals surface area contributed by atoms with Gasteiger partial charge >= 0.3 is 5.69 Å². The van der Waals surface area contributed by atoms with E-state index in [2.05, 4.69) is 58.4 Å². The molecule has 0 unspecified atom stereocenters. The lowest BCUT2D eigenvalue weighted by Gasteiger charge is -2.34. The normalized spacial score (nSPS) is 15.0. The number of fused-ring (bicyclic) bond motifs is 1. The molecule has 1 aliphatic heterocycles. The second-order valence-corrected chi connectivity index (χ2v) is 10.0. The summed E-state index contributed by atoms with van der Waals surface area (Å²) in [4.78, 5) is 29.6. The number of rotatable bonds is 9. The van der Waals surface area contributed by atoms with E-state index < -0.39 is 0 Å². The molecule has 6 nitrogen and oxygen atoms in total. The van der Waals surface area contributed by atoms with Crippen molar-refractivity contribution in [3.8, 4) is 0 Å². The number of aromatic nitrogens is 2. The minimum Gasteiger partial charge on any atom is -0.365 e. The topological polar surface area (TPSA) is 67.3 Å². The number of H-pyrrole nitrogens is 1. The number of hydrogen-bond donors (Lipinski definition) is 1. The summed E-state index contributed by atoms with van der Waals surface area (Å²) in [5.74, 6) is 0. The summed E-state index contributed by atoms with van der Waals surface area (Å²) in [6.45, 7) is 5.59. The van der Waals surface area contributed by atoms with Gasteiger partial charge in [0.2, 0.25) is 0 Å². The van der Waals surface area contributed by atoms with Crippen LogP contribution in [-0.4, -0.2) is 40.2 Å². The van der Waals surface area contributed by atoms with Crippen LogP contribution in [0.4, 0.5) is 0 Å². The van der Waals surface area contributed by atoms with Crippen molar-refractivity contribution >= 4 is 10.9 Å². The number of ether oxygens (including phenoxy) is 1. The predicted octanol–water partition coefficient (Wildman–Crippen LogP) is 5.05. The second kappa shape index (κ2) is 11.7. The van der Waals surface area contributed by atoms with Crippen molar-refractivity contribution in [2.75, 3.05) is 19.6 Å². The van der Waals surface area contributed by atoms with Crippen LogP contribution < -0.4 is 11.2 Å². The molecule has 1 fully saturated rings. The van der Waals surface area contributed by atoms with Crippen molar-refractivity contribution < 1.29 is 4.74 Å². The Balaban J connectivity index is 1.13. The van der Waals surface area contributed by atoms with Gasteiger partial charge in [-0.2, -0.15) is 0 Å². The molecular weight excluding hydrogens is 462 g/mol. The Morgan fingerprint density at radius 3 is 2.14 bits per heavy atom. The molecule has 0 bridgehead atoms. The van der Waals surface area contributed by atoms with Crippen LogP contribution in [0.1, 0.15) is 48.5 Å². The lowest BCUT2D eigenvalue weighted by Crippen LogP contribution is -2.38. The monoisotopic (exact) mass is 497 g/mol. The van der Waals surface area contributed by atoms with Gasteiger partial charge in [-0.3, -0.25) is 14.3 Å². The first-order valence-electron chi connectivity index (χ1n) is 13.3. The minimum atomic E-state index is -0.328. The van der Waals surface area contributed by atoms with Gasteiger partial charge in [-0.25, -0.2) is 4.79 Å². The van der Waals surface area contributed by atoms with E-state index in [9.17, 15) is 9.59 Å². The third kappa shape index (κ3) is 6.09. The Bertz CT molecular complexity index is 1380. The summed E-state index contributed by atoms with van der Waals surface area (Å²) < 4.78 is 8.37. The van der Waals surface area contributed by atoms with Crippen LogP contribution in [-0.2, 0) is 11.3 Å². The van der Waals surface area contributed by atoms with Crippen molar-refractivity contribution in [3.05, 3.63) is 116 Å². The first kappa shape index (κ1) is 25.2. The maximum atomic E-state index is 12.4. The molecule has 3 aromatic carbocycles. The molecule has 6 heteroatoms. The van der Waals surface area contributed by atoms with Gasteiger partial charge in [-0.05, 0) is 62.4 Å². The van der Waals surface area contributed by atoms with Gasteiger partial charge in [-0.15, -0.1) is 0 Å². The van der Waals surface area contributed by atoms with Crippen LogP contribution in [0.3, 0.4) is 0 Å². The lowest BCUT2D eigenvalue weighted by atomic mass is 10.00. The standard InChI is InChI=1S/C31H35N3O3/c1-23-14-15-28-27(22-23)30(35)32-31(36)34(28)19-9-8-18-33-20-16-26(17-21-33)37-29(24-10-4-2-5-11-24)25-12-6-3-7-13-25/h2-7,10-15,22,26,29H,8-9,16-21H2,1H3,(H,32,35,36). The number of likely N-dealkylation sites (tertiary alicyclic amines) is 1. The highest BCUT2D eigenvalue weighted by Gasteiger charge is 2.24. The highest BCUT2D eigenvalue weighted by molar-refractivity contribution is 5.78. The molecule has 1 N–H and O–H groups in total. The Hall–Kier alpha value is -3.48. The Kier molecular flexibility index (Phi) is 7.97. The maximum Gasteiger partial charge on any atom is 0.328 e. The third-order valence-electron chi connectivity index (χ3n) is 7.33. The number of aromatic amines is 1. The van der Waals surface area contributed by atoms with Crippen molar-refractivity contribution in [2.24, 2.45) is 0 Å². The van der Waals surface area contributed by atoms with Crippen molar-refractivity contribution in [3.63, 3.8) is 0 Å². The minimum absolute atomic E-state index is 0.0480. The van der Waals surface area contributed by atoms with E-state index >= 15 is 0 Å². The molecule has 1 aromatic heterocycles. The maximum absolute atomic E-state index is 12.4. The zero-order valence-corrected chi connectivity index (χ0v) is 21.4. The molecule has 0 radical (unpaired) electrons. The quantitative estimate of drug-likeness (QED) is 0.329. The number of piperidine rings is 1. The Labute approximate surface area is 217 Å². The van der Waals surface area contributed by atoms with Crippen LogP contribution in [0, 0.1) is 6.92 Å². The fourth-order valence-electron chi connectivity index (χ4n) is 5.30. The molecule has 0 amide bonds. The number of nitrogens with one attached hydrogen (secondary N) is 1. The molecule has 0 aliphatic carbocycles. The molecule has 1 aliphatic rings. The molecule has 0 saturated carbocycles. The lowest BCUT2D eigenvalue weighted by molar-refractivity contribution is -0.0271. The predicted molar refractivity (Wildman–Crippen MR) is 148 cm³/mol. The summed E-state index contributed by atoms with van der Waals surface area (Å²) in [5, 5.41) is 0.575. The molecule has 0 atom stereocenters. The van der Waals surface area contributed by atoms with E-state index in [1.54, 1.807) is 4.57 Å². The van der Waals surface area contributed by atoms with Crippen LogP contribution in [0.25, 0.3) is 10.9 Å². The molecule has 4 aromatic rings. The number of aryl methyl sites for hydroxylation is 2. The SMILES string of the molecule is Cc1ccc2c(c1)c(=O)[nH]c(=O)n2CCCCN1CCC(OC(c2ccccc2)c2ccccc2)CC1. The summed E-state index contributed by atoms with van der Waals surface area (Å²) in [6.07, 6.45) is 4.10. The molecule has 1 saturated heterocycles.